The largest absolute Gasteiger partial charge is 0.478 e. The van der Waals surface area contributed by atoms with E-state index in [1.807, 2.05) is 18.2 Å². The second kappa shape index (κ2) is 6.53. The van der Waals surface area contributed by atoms with E-state index in [-0.39, 0.29) is 16.4 Å². The molecule has 1 N–H and O–H groups in total. The molecule has 140 valence electrons. The average molecular weight is 360 g/mol. The molecule has 0 spiro atoms. The second-order valence-electron chi connectivity index (χ2n) is 8.84. The van der Waals surface area contributed by atoms with Gasteiger partial charge in [0.2, 0.25) is 0 Å². The highest BCUT2D eigenvalue weighted by atomic mass is 16.4. The van der Waals surface area contributed by atoms with Crippen molar-refractivity contribution >= 4 is 17.1 Å². The lowest BCUT2D eigenvalue weighted by Gasteiger charge is -2.42. The number of hydrogen-bond donors (Lipinski definition) is 1. The van der Waals surface area contributed by atoms with Crippen LogP contribution in [0.2, 0.25) is 0 Å². The Morgan fingerprint density at radius 1 is 0.889 bits per heavy atom. The molecule has 2 nitrogen and oxygen atoms in total. The van der Waals surface area contributed by atoms with E-state index in [1.165, 1.54) is 17.5 Å². The lowest BCUT2D eigenvalue weighted by atomic mass is 9.63. The Morgan fingerprint density at radius 3 is 2.04 bits per heavy atom. The van der Waals surface area contributed by atoms with Gasteiger partial charge in [0.1, 0.15) is 0 Å². The van der Waals surface area contributed by atoms with Crippen molar-refractivity contribution in [2.45, 2.75) is 51.4 Å². The van der Waals surface area contributed by atoms with Gasteiger partial charge >= 0.3 is 5.97 Å². The highest BCUT2D eigenvalue weighted by Gasteiger charge is 2.37. The number of carbonyl (C=O) groups is 1. The maximum atomic E-state index is 11.4. The number of rotatable bonds is 4. The zero-order valence-electron chi connectivity index (χ0n) is 16.7. The minimum Gasteiger partial charge on any atom is -0.478 e. The van der Waals surface area contributed by atoms with E-state index in [4.69, 9.17) is 0 Å². The molecule has 27 heavy (non-hydrogen) atoms. The van der Waals surface area contributed by atoms with Gasteiger partial charge in [0, 0.05) is 0 Å². The van der Waals surface area contributed by atoms with Crippen LogP contribution < -0.4 is 0 Å². The van der Waals surface area contributed by atoms with Crippen LogP contribution in [0.5, 0.6) is 0 Å². The highest BCUT2D eigenvalue weighted by Crippen LogP contribution is 2.46. The van der Waals surface area contributed by atoms with Gasteiger partial charge < -0.3 is 5.11 Å². The number of benzene rings is 2. The molecule has 0 atom stereocenters. The van der Waals surface area contributed by atoms with E-state index in [9.17, 15) is 9.90 Å². The van der Waals surface area contributed by atoms with Crippen molar-refractivity contribution < 1.29 is 9.90 Å². The van der Waals surface area contributed by atoms with Gasteiger partial charge in [-0.3, -0.25) is 0 Å². The van der Waals surface area contributed by atoms with Crippen molar-refractivity contribution in [3.8, 4) is 0 Å². The lowest BCUT2D eigenvalue weighted by molar-refractivity contribution is -0.130. The Balaban J connectivity index is 2.11. The number of fused-ring (bicyclic) bond motifs is 1. The molecule has 0 aliphatic heterocycles. The van der Waals surface area contributed by atoms with Crippen molar-refractivity contribution in [2.24, 2.45) is 0 Å². The van der Waals surface area contributed by atoms with Crippen molar-refractivity contribution in [2.75, 3.05) is 0 Å². The minimum atomic E-state index is -1.01. The van der Waals surface area contributed by atoms with Crippen LogP contribution >= 0.6 is 0 Å². The lowest BCUT2D eigenvalue weighted by Crippen LogP contribution is -2.33. The van der Waals surface area contributed by atoms with Crippen LogP contribution in [0.15, 0.2) is 55.6 Å². The average Bonchev–Trinajstić information content (AvgIpc) is 2.64. The van der Waals surface area contributed by atoms with Gasteiger partial charge in [-0.25, -0.2) is 4.79 Å². The van der Waals surface area contributed by atoms with Crippen LogP contribution in [-0.2, 0) is 15.6 Å². The maximum Gasteiger partial charge on any atom is 0.335 e. The summed E-state index contributed by atoms with van der Waals surface area (Å²) >= 11 is 0. The van der Waals surface area contributed by atoms with Crippen molar-refractivity contribution in [3.63, 3.8) is 0 Å². The summed E-state index contributed by atoms with van der Waals surface area (Å²) in [6, 6.07) is 14.0. The van der Waals surface area contributed by atoms with Gasteiger partial charge in [-0.05, 0) is 57.1 Å². The third-order valence-electron chi connectivity index (χ3n) is 6.04. The van der Waals surface area contributed by atoms with Gasteiger partial charge in [-0.1, -0.05) is 83.3 Å². The van der Waals surface area contributed by atoms with Crippen LogP contribution in [0.25, 0.3) is 11.1 Å². The molecule has 0 heterocycles. The van der Waals surface area contributed by atoms with Crippen LogP contribution in [0, 0.1) is 0 Å². The Morgan fingerprint density at radius 2 is 1.44 bits per heavy atom. The standard InChI is InChI=1S/C25H28O2/c1-16(19-9-7-8-10-20(19)17(2)23(26)27)18-11-12-21-22(15-18)25(5,6)14-13-24(21,3)4/h7-12,15H,1-2,13-14H2,3-6H3,(H,26,27). The third-order valence-corrected chi connectivity index (χ3v) is 6.04. The highest BCUT2D eigenvalue weighted by molar-refractivity contribution is 6.16. The molecule has 1 aliphatic rings. The summed E-state index contributed by atoms with van der Waals surface area (Å²) in [6.07, 6.45) is 2.32. The van der Waals surface area contributed by atoms with E-state index in [2.05, 4.69) is 59.1 Å². The first kappa shape index (κ1) is 19.2. The Bertz CT molecular complexity index is 945. The number of carboxylic acids is 1. The number of aliphatic carboxylic acids is 1. The van der Waals surface area contributed by atoms with Gasteiger partial charge in [-0.15, -0.1) is 0 Å². The molecule has 3 rings (SSSR count). The first-order valence-electron chi connectivity index (χ1n) is 9.41. The molecule has 2 heteroatoms. The molecule has 0 bridgehead atoms. The minimum absolute atomic E-state index is 0.0890. The molecule has 0 unspecified atom stereocenters. The normalized spacial score (nSPS) is 17.0. The van der Waals surface area contributed by atoms with E-state index in [0.29, 0.717) is 5.56 Å². The summed E-state index contributed by atoms with van der Waals surface area (Å²) in [7, 11) is 0. The summed E-state index contributed by atoms with van der Waals surface area (Å²) in [5.74, 6) is -1.01. The van der Waals surface area contributed by atoms with Crippen LogP contribution in [0.3, 0.4) is 0 Å². The maximum absolute atomic E-state index is 11.4. The van der Waals surface area contributed by atoms with Gasteiger partial charge in [-0.2, -0.15) is 0 Å². The quantitative estimate of drug-likeness (QED) is 0.660. The fraction of sp³-hybridized carbons (Fsp3) is 0.320. The van der Waals surface area contributed by atoms with E-state index >= 15 is 0 Å². The van der Waals surface area contributed by atoms with Gasteiger partial charge in [0.15, 0.2) is 0 Å². The SMILES string of the molecule is C=C(C(=O)O)c1ccccc1C(=C)c1ccc2c(c1)C(C)(C)CCC2(C)C. The van der Waals surface area contributed by atoms with Crippen molar-refractivity contribution in [3.05, 3.63) is 83.4 Å². The topological polar surface area (TPSA) is 37.3 Å². The Hall–Kier alpha value is -2.61. The molecule has 0 amide bonds. The van der Waals surface area contributed by atoms with Gasteiger partial charge in [0.25, 0.3) is 0 Å². The summed E-state index contributed by atoms with van der Waals surface area (Å²) in [4.78, 5) is 11.4. The molecule has 0 fully saturated rings. The summed E-state index contributed by atoms with van der Waals surface area (Å²) in [5.41, 5.74) is 6.44. The van der Waals surface area contributed by atoms with Crippen molar-refractivity contribution in [1.82, 2.24) is 0 Å². The monoisotopic (exact) mass is 360 g/mol. The zero-order chi connectivity index (χ0) is 20.0. The second-order valence-corrected chi connectivity index (χ2v) is 8.84. The summed E-state index contributed by atoms with van der Waals surface area (Å²) < 4.78 is 0. The first-order valence-corrected chi connectivity index (χ1v) is 9.41. The molecule has 0 saturated carbocycles. The molecule has 0 aromatic heterocycles. The molecular formula is C25H28O2. The number of carboxylic acid groups (broad SMARTS) is 1. The fourth-order valence-electron chi connectivity index (χ4n) is 4.06. The number of hydrogen-bond acceptors (Lipinski definition) is 1. The van der Waals surface area contributed by atoms with Gasteiger partial charge in [0.05, 0.1) is 5.57 Å². The smallest absolute Gasteiger partial charge is 0.335 e. The Kier molecular flexibility index (Phi) is 4.63. The molecule has 0 radical (unpaired) electrons. The summed E-state index contributed by atoms with van der Waals surface area (Å²) in [6.45, 7) is 17.2. The van der Waals surface area contributed by atoms with E-state index in [0.717, 1.165) is 23.1 Å². The Labute approximate surface area is 162 Å². The molecule has 0 saturated heterocycles. The predicted molar refractivity (Wildman–Crippen MR) is 113 cm³/mol. The fourth-order valence-corrected chi connectivity index (χ4v) is 4.06. The first-order chi connectivity index (χ1) is 12.5. The van der Waals surface area contributed by atoms with Crippen LogP contribution in [0.4, 0.5) is 0 Å². The van der Waals surface area contributed by atoms with E-state index in [1.54, 1.807) is 6.07 Å². The van der Waals surface area contributed by atoms with Crippen LogP contribution in [0.1, 0.15) is 68.4 Å². The molecule has 2 aromatic carbocycles. The molecule has 1 aliphatic carbocycles. The third kappa shape index (κ3) is 3.37. The molecule has 2 aromatic rings. The summed E-state index contributed by atoms with van der Waals surface area (Å²) in [5, 5.41) is 9.37. The predicted octanol–water partition coefficient (Wildman–Crippen LogP) is 6.19. The van der Waals surface area contributed by atoms with Crippen LogP contribution in [-0.4, -0.2) is 11.1 Å². The van der Waals surface area contributed by atoms with E-state index < -0.39 is 5.97 Å². The van der Waals surface area contributed by atoms with Crippen molar-refractivity contribution in [1.29, 1.82) is 0 Å². The molecular weight excluding hydrogens is 332 g/mol. The zero-order valence-corrected chi connectivity index (χ0v) is 16.7.